The Bertz CT molecular complexity index is 203. The highest BCUT2D eigenvalue weighted by molar-refractivity contribution is 4.74. The first kappa shape index (κ1) is 13.3. The second-order valence-corrected chi connectivity index (χ2v) is 5.26. The first-order valence-electron chi connectivity index (χ1n) is 6.92. The first-order chi connectivity index (χ1) is 8.34. The molecule has 1 aliphatic heterocycles. The molecule has 1 heterocycles. The Labute approximate surface area is 104 Å². The van der Waals surface area contributed by atoms with Gasteiger partial charge in [-0.15, -0.1) is 0 Å². The molecular formula is C13H25NO3. The van der Waals surface area contributed by atoms with Gasteiger partial charge >= 0.3 is 0 Å². The van der Waals surface area contributed by atoms with E-state index >= 15 is 0 Å². The molecule has 1 saturated carbocycles. The quantitative estimate of drug-likeness (QED) is 0.592. The summed E-state index contributed by atoms with van der Waals surface area (Å²) in [6.45, 7) is 3.56. The van der Waals surface area contributed by atoms with E-state index in [2.05, 4.69) is 5.32 Å². The van der Waals surface area contributed by atoms with E-state index in [1.165, 1.54) is 19.3 Å². The SMILES string of the molecule is OC(CNCCC1CC1)COCC1CCCO1. The van der Waals surface area contributed by atoms with Crippen molar-refractivity contribution in [2.75, 3.05) is 32.9 Å². The predicted octanol–water partition coefficient (Wildman–Crippen LogP) is 0.933. The first-order valence-corrected chi connectivity index (χ1v) is 6.92. The molecule has 2 aliphatic rings. The molecule has 0 bridgehead atoms. The lowest BCUT2D eigenvalue weighted by Gasteiger charge is -2.14. The van der Waals surface area contributed by atoms with Crippen molar-refractivity contribution in [3.05, 3.63) is 0 Å². The van der Waals surface area contributed by atoms with Crippen molar-refractivity contribution in [2.45, 2.75) is 44.3 Å². The normalized spacial score (nSPS) is 26.3. The number of rotatable bonds is 9. The molecule has 4 heteroatoms. The van der Waals surface area contributed by atoms with Crippen LogP contribution < -0.4 is 5.32 Å². The average molecular weight is 243 g/mol. The van der Waals surface area contributed by atoms with E-state index in [-0.39, 0.29) is 6.10 Å². The van der Waals surface area contributed by atoms with Gasteiger partial charge < -0.3 is 19.9 Å². The number of hydrogen-bond donors (Lipinski definition) is 2. The molecule has 0 spiro atoms. The van der Waals surface area contributed by atoms with Crippen LogP contribution in [0.15, 0.2) is 0 Å². The van der Waals surface area contributed by atoms with Gasteiger partial charge in [-0.05, 0) is 31.7 Å². The third-order valence-electron chi connectivity index (χ3n) is 3.44. The van der Waals surface area contributed by atoms with Crippen LogP contribution in [0.5, 0.6) is 0 Å². The van der Waals surface area contributed by atoms with Gasteiger partial charge in [0.05, 0.1) is 25.4 Å². The molecule has 2 rings (SSSR count). The summed E-state index contributed by atoms with van der Waals surface area (Å²) >= 11 is 0. The van der Waals surface area contributed by atoms with Crippen LogP contribution in [0.25, 0.3) is 0 Å². The molecule has 0 amide bonds. The Morgan fingerprint density at radius 2 is 2.24 bits per heavy atom. The molecule has 1 aliphatic carbocycles. The molecule has 0 aromatic carbocycles. The van der Waals surface area contributed by atoms with Crippen molar-refractivity contribution in [1.82, 2.24) is 5.32 Å². The van der Waals surface area contributed by atoms with Crippen LogP contribution in [-0.2, 0) is 9.47 Å². The maximum absolute atomic E-state index is 9.68. The van der Waals surface area contributed by atoms with Crippen LogP contribution in [0.1, 0.15) is 32.1 Å². The molecule has 100 valence electrons. The minimum atomic E-state index is -0.393. The van der Waals surface area contributed by atoms with E-state index in [1.54, 1.807) is 0 Å². The van der Waals surface area contributed by atoms with E-state index in [0.29, 0.717) is 19.8 Å². The lowest BCUT2D eigenvalue weighted by molar-refractivity contribution is -0.0164. The average Bonchev–Trinajstić information content (AvgIpc) is 3.00. The van der Waals surface area contributed by atoms with Gasteiger partial charge in [0, 0.05) is 13.2 Å². The Morgan fingerprint density at radius 1 is 1.35 bits per heavy atom. The van der Waals surface area contributed by atoms with Gasteiger partial charge in [-0.25, -0.2) is 0 Å². The lowest BCUT2D eigenvalue weighted by Crippen LogP contribution is -2.32. The van der Waals surface area contributed by atoms with Crippen molar-refractivity contribution in [2.24, 2.45) is 5.92 Å². The third-order valence-corrected chi connectivity index (χ3v) is 3.44. The second-order valence-electron chi connectivity index (χ2n) is 5.26. The number of nitrogens with one attached hydrogen (secondary N) is 1. The molecule has 4 nitrogen and oxygen atoms in total. The summed E-state index contributed by atoms with van der Waals surface area (Å²) in [5, 5.41) is 12.9. The number of aliphatic hydroxyl groups is 1. The number of ether oxygens (including phenoxy) is 2. The van der Waals surface area contributed by atoms with Gasteiger partial charge in [-0.2, -0.15) is 0 Å². The molecule has 2 atom stereocenters. The summed E-state index contributed by atoms with van der Waals surface area (Å²) in [7, 11) is 0. The van der Waals surface area contributed by atoms with E-state index < -0.39 is 6.10 Å². The smallest absolute Gasteiger partial charge is 0.0897 e. The zero-order chi connectivity index (χ0) is 11.9. The molecule has 0 aromatic rings. The molecule has 2 N–H and O–H groups in total. The topological polar surface area (TPSA) is 50.7 Å². The van der Waals surface area contributed by atoms with E-state index in [1.807, 2.05) is 0 Å². The zero-order valence-corrected chi connectivity index (χ0v) is 10.6. The van der Waals surface area contributed by atoms with Crippen LogP contribution in [-0.4, -0.2) is 50.2 Å². The van der Waals surface area contributed by atoms with Crippen molar-refractivity contribution in [1.29, 1.82) is 0 Å². The molecule has 17 heavy (non-hydrogen) atoms. The van der Waals surface area contributed by atoms with Gasteiger partial charge in [-0.1, -0.05) is 12.8 Å². The largest absolute Gasteiger partial charge is 0.389 e. The minimum absolute atomic E-state index is 0.255. The zero-order valence-electron chi connectivity index (χ0n) is 10.6. The molecule has 0 radical (unpaired) electrons. The fourth-order valence-corrected chi connectivity index (χ4v) is 2.15. The van der Waals surface area contributed by atoms with Crippen molar-refractivity contribution in [3.63, 3.8) is 0 Å². The van der Waals surface area contributed by atoms with Gasteiger partial charge in [0.15, 0.2) is 0 Å². The monoisotopic (exact) mass is 243 g/mol. The number of hydrogen-bond acceptors (Lipinski definition) is 4. The van der Waals surface area contributed by atoms with Gasteiger partial charge in [-0.3, -0.25) is 0 Å². The maximum Gasteiger partial charge on any atom is 0.0897 e. The Balaban J connectivity index is 1.38. The Kier molecular flexibility index (Phi) is 5.71. The van der Waals surface area contributed by atoms with Crippen molar-refractivity contribution < 1.29 is 14.6 Å². The number of aliphatic hydroxyl groups excluding tert-OH is 1. The second kappa shape index (κ2) is 7.31. The summed E-state index contributed by atoms with van der Waals surface area (Å²) in [6.07, 6.45) is 6.14. The van der Waals surface area contributed by atoms with Crippen molar-refractivity contribution >= 4 is 0 Å². The maximum atomic E-state index is 9.68. The van der Waals surface area contributed by atoms with E-state index in [9.17, 15) is 5.11 Å². The third kappa shape index (κ3) is 5.82. The Morgan fingerprint density at radius 3 is 2.94 bits per heavy atom. The highest BCUT2D eigenvalue weighted by Gasteiger charge is 2.20. The summed E-state index contributed by atoms with van der Waals surface area (Å²) in [5.74, 6) is 0.954. The fourth-order valence-electron chi connectivity index (χ4n) is 2.15. The van der Waals surface area contributed by atoms with Crippen LogP contribution >= 0.6 is 0 Å². The molecule has 2 fully saturated rings. The summed E-state index contributed by atoms with van der Waals surface area (Å²) in [6, 6.07) is 0. The minimum Gasteiger partial charge on any atom is -0.389 e. The van der Waals surface area contributed by atoms with Crippen LogP contribution in [0.2, 0.25) is 0 Å². The summed E-state index contributed by atoms with van der Waals surface area (Å²) in [4.78, 5) is 0. The predicted molar refractivity (Wildman–Crippen MR) is 66.0 cm³/mol. The van der Waals surface area contributed by atoms with E-state index in [4.69, 9.17) is 9.47 Å². The van der Waals surface area contributed by atoms with Crippen LogP contribution in [0.4, 0.5) is 0 Å². The van der Waals surface area contributed by atoms with E-state index in [0.717, 1.165) is 31.9 Å². The summed E-state index contributed by atoms with van der Waals surface area (Å²) < 4.78 is 10.9. The van der Waals surface area contributed by atoms with Gasteiger partial charge in [0.2, 0.25) is 0 Å². The van der Waals surface area contributed by atoms with Crippen LogP contribution in [0.3, 0.4) is 0 Å². The van der Waals surface area contributed by atoms with Crippen molar-refractivity contribution in [3.8, 4) is 0 Å². The lowest BCUT2D eigenvalue weighted by atomic mass is 10.2. The molecule has 0 aromatic heterocycles. The molecule has 2 unspecified atom stereocenters. The fraction of sp³-hybridized carbons (Fsp3) is 1.00. The standard InChI is InChI=1S/C13H25NO3/c15-12(8-14-6-5-11-3-4-11)9-16-10-13-2-1-7-17-13/h11-15H,1-10H2. The molecular weight excluding hydrogens is 218 g/mol. The van der Waals surface area contributed by atoms with Crippen LogP contribution in [0, 0.1) is 5.92 Å². The van der Waals surface area contributed by atoms with Gasteiger partial charge in [0.25, 0.3) is 0 Å². The summed E-state index contributed by atoms with van der Waals surface area (Å²) in [5.41, 5.74) is 0. The Hall–Kier alpha value is -0.160. The van der Waals surface area contributed by atoms with Gasteiger partial charge in [0.1, 0.15) is 0 Å². The highest BCUT2D eigenvalue weighted by atomic mass is 16.5. The highest BCUT2D eigenvalue weighted by Crippen LogP contribution is 2.31. The molecule has 1 saturated heterocycles.